The van der Waals surface area contributed by atoms with Gasteiger partial charge in [-0.05, 0) is 25.2 Å². The van der Waals surface area contributed by atoms with Crippen LogP contribution in [-0.2, 0) is 4.74 Å². The Bertz CT molecular complexity index is 149. The summed E-state index contributed by atoms with van der Waals surface area (Å²) >= 11 is 0. The molecule has 0 aromatic carbocycles. The average molecular weight is 213 g/mol. The quantitative estimate of drug-likeness (QED) is 0.656. The van der Waals surface area contributed by atoms with Crippen LogP contribution in [-0.4, -0.2) is 25.8 Å². The van der Waals surface area contributed by atoms with Gasteiger partial charge in [0.1, 0.15) is 0 Å². The van der Waals surface area contributed by atoms with Crippen LogP contribution in [0.3, 0.4) is 0 Å². The Morgan fingerprint density at radius 2 is 2.13 bits per heavy atom. The predicted molar refractivity (Wildman–Crippen MR) is 65.1 cm³/mol. The second kappa shape index (κ2) is 8.12. The minimum Gasteiger partial charge on any atom is -0.380 e. The molecule has 0 bridgehead atoms. The first-order valence-corrected chi connectivity index (χ1v) is 6.64. The molecule has 1 N–H and O–H groups in total. The molecule has 2 heteroatoms. The van der Waals surface area contributed by atoms with E-state index in [1.165, 1.54) is 38.5 Å². The Hall–Kier alpha value is -0.0800. The van der Waals surface area contributed by atoms with Gasteiger partial charge in [0.2, 0.25) is 0 Å². The topological polar surface area (TPSA) is 21.3 Å². The summed E-state index contributed by atoms with van der Waals surface area (Å²) in [4.78, 5) is 0. The van der Waals surface area contributed by atoms with Crippen LogP contribution < -0.4 is 5.32 Å². The lowest BCUT2D eigenvalue weighted by Gasteiger charge is -2.27. The van der Waals surface area contributed by atoms with Crippen LogP contribution >= 0.6 is 0 Å². The van der Waals surface area contributed by atoms with Crippen LogP contribution in [0.1, 0.15) is 52.4 Å². The van der Waals surface area contributed by atoms with Crippen molar-refractivity contribution >= 4 is 0 Å². The molecule has 0 radical (unpaired) electrons. The van der Waals surface area contributed by atoms with Crippen molar-refractivity contribution in [2.24, 2.45) is 5.92 Å². The van der Waals surface area contributed by atoms with Crippen LogP contribution in [0.5, 0.6) is 0 Å². The molecule has 0 saturated heterocycles. The fourth-order valence-electron chi connectivity index (χ4n) is 2.30. The van der Waals surface area contributed by atoms with Gasteiger partial charge in [0.15, 0.2) is 0 Å². The Labute approximate surface area is 94.8 Å². The first-order chi connectivity index (χ1) is 7.33. The standard InChI is InChI=1S/C13H27NO/c1-3-4-9-15-10-8-14-13-7-5-6-12(2)11-13/h12-14H,3-11H2,1-2H3. The molecule has 1 fully saturated rings. The zero-order chi connectivity index (χ0) is 10.9. The molecular formula is C13H27NO. The van der Waals surface area contributed by atoms with Gasteiger partial charge >= 0.3 is 0 Å². The average Bonchev–Trinajstić information content (AvgIpc) is 2.23. The normalized spacial score (nSPS) is 26.8. The fourth-order valence-corrected chi connectivity index (χ4v) is 2.30. The Balaban J connectivity index is 1.90. The summed E-state index contributed by atoms with van der Waals surface area (Å²) < 4.78 is 5.53. The first kappa shape index (κ1) is 13.0. The minimum absolute atomic E-state index is 0.753. The molecule has 1 aliphatic carbocycles. The third kappa shape index (κ3) is 6.16. The lowest BCUT2D eigenvalue weighted by molar-refractivity contribution is 0.128. The van der Waals surface area contributed by atoms with Gasteiger partial charge in [-0.25, -0.2) is 0 Å². The molecule has 0 spiro atoms. The summed E-state index contributed by atoms with van der Waals surface area (Å²) in [6.45, 7) is 7.40. The van der Waals surface area contributed by atoms with E-state index in [-0.39, 0.29) is 0 Å². The van der Waals surface area contributed by atoms with E-state index in [2.05, 4.69) is 19.2 Å². The van der Waals surface area contributed by atoms with Gasteiger partial charge in [0, 0.05) is 19.2 Å². The highest BCUT2D eigenvalue weighted by Gasteiger charge is 2.17. The number of hydrogen-bond acceptors (Lipinski definition) is 2. The van der Waals surface area contributed by atoms with E-state index in [9.17, 15) is 0 Å². The number of nitrogens with one attached hydrogen (secondary N) is 1. The van der Waals surface area contributed by atoms with Gasteiger partial charge in [0.05, 0.1) is 6.61 Å². The molecule has 0 amide bonds. The summed E-state index contributed by atoms with van der Waals surface area (Å²) in [5, 5.41) is 3.60. The van der Waals surface area contributed by atoms with Gasteiger partial charge in [-0.15, -0.1) is 0 Å². The van der Waals surface area contributed by atoms with Crippen molar-refractivity contribution in [1.29, 1.82) is 0 Å². The molecule has 0 heterocycles. The molecule has 2 unspecified atom stereocenters. The van der Waals surface area contributed by atoms with Crippen LogP contribution in [0.4, 0.5) is 0 Å². The summed E-state index contributed by atoms with van der Waals surface area (Å²) in [6.07, 6.45) is 7.96. The monoisotopic (exact) mass is 213 g/mol. The predicted octanol–water partition coefficient (Wildman–Crippen LogP) is 2.97. The zero-order valence-electron chi connectivity index (χ0n) is 10.4. The van der Waals surface area contributed by atoms with Gasteiger partial charge in [-0.2, -0.15) is 0 Å². The third-order valence-corrected chi connectivity index (χ3v) is 3.26. The van der Waals surface area contributed by atoms with Crippen LogP contribution in [0.2, 0.25) is 0 Å². The van der Waals surface area contributed by atoms with Crippen molar-refractivity contribution in [3.8, 4) is 0 Å². The Kier molecular flexibility index (Phi) is 7.03. The molecule has 1 aliphatic rings. The van der Waals surface area contributed by atoms with Crippen molar-refractivity contribution < 1.29 is 4.74 Å². The Morgan fingerprint density at radius 3 is 2.87 bits per heavy atom. The molecule has 2 atom stereocenters. The summed E-state index contributed by atoms with van der Waals surface area (Å²) in [5.41, 5.74) is 0. The van der Waals surface area contributed by atoms with E-state index in [1.54, 1.807) is 0 Å². The van der Waals surface area contributed by atoms with Crippen molar-refractivity contribution in [2.75, 3.05) is 19.8 Å². The molecule has 0 aliphatic heterocycles. The number of unbranched alkanes of at least 4 members (excludes halogenated alkanes) is 1. The third-order valence-electron chi connectivity index (χ3n) is 3.26. The van der Waals surface area contributed by atoms with Crippen molar-refractivity contribution in [3.05, 3.63) is 0 Å². The number of ether oxygens (including phenoxy) is 1. The lowest BCUT2D eigenvalue weighted by atomic mass is 9.87. The van der Waals surface area contributed by atoms with Gasteiger partial charge in [-0.3, -0.25) is 0 Å². The highest BCUT2D eigenvalue weighted by Crippen LogP contribution is 2.23. The Morgan fingerprint density at radius 1 is 1.27 bits per heavy atom. The largest absolute Gasteiger partial charge is 0.380 e. The van der Waals surface area contributed by atoms with E-state index in [4.69, 9.17) is 4.74 Å². The van der Waals surface area contributed by atoms with E-state index in [1.807, 2.05) is 0 Å². The van der Waals surface area contributed by atoms with Gasteiger partial charge in [0.25, 0.3) is 0 Å². The van der Waals surface area contributed by atoms with Crippen LogP contribution in [0, 0.1) is 5.92 Å². The SMILES string of the molecule is CCCCOCCNC1CCCC(C)C1. The van der Waals surface area contributed by atoms with Crippen LogP contribution in [0.15, 0.2) is 0 Å². The summed E-state index contributed by atoms with van der Waals surface area (Å²) in [7, 11) is 0. The smallest absolute Gasteiger partial charge is 0.0590 e. The summed E-state index contributed by atoms with van der Waals surface area (Å²) in [6, 6.07) is 0.753. The number of hydrogen-bond donors (Lipinski definition) is 1. The maximum Gasteiger partial charge on any atom is 0.0590 e. The van der Waals surface area contributed by atoms with E-state index in [0.29, 0.717) is 0 Å². The maximum absolute atomic E-state index is 5.53. The highest BCUT2D eigenvalue weighted by atomic mass is 16.5. The van der Waals surface area contributed by atoms with Crippen LogP contribution in [0.25, 0.3) is 0 Å². The van der Waals surface area contributed by atoms with E-state index >= 15 is 0 Å². The molecule has 0 aromatic heterocycles. The fraction of sp³-hybridized carbons (Fsp3) is 1.00. The molecule has 90 valence electrons. The van der Waals surface area contributed by atoms with Crippen molar-refractivity contribution in [3.63, 3.8) is 0 Å². The first-order valence-electron chi connectivity index (χ1n) is 6.64. The van der Waals surface area contributed by atoms with Gasteiger partial charge in [-0.1, -0.05) is 33.1 Å². The molecule has 15 heavy (non-hydrogen) atoms. The maximum atomic E-state index is 5.53. The molecule has 1 rings (SSSR count). The van der Waals surface area contributed by atoms with Crippen molar-refractivity contribution in [1.82, 2.24) is 5.32 Å². The van der Waals surface area contributed by atoms with Crippen molar-refractivity contribution in [2.45, 2.75) is 58.4 Å². The number of rotatable bonds is 7. The van der Waals surface area contributed by atoms with E-state index in [0.717, 1.165) is 31.7 Å². The van der Waals surface area contributed by atoms with E-state index < -0.39 is 0 Å². The minimum atomic E-state index is 0.753. The molecule has 1 saturated carbocycles. The highest BCUT2D eigenvalue weighted by molar-refractivity contribution is 4.75. The molecule has 0 aromatic rings. The second-order valence-electron chi connectivity index (χ2n) is 4.89. The second-order valence-corrected chi connectivity index (χ2v) is 4.89. The lowest BCUT2D eigenvalue weighted by Crippen LogP contribution is -2.35. The zero-order valence-corrected chi connectivity index (χ0v) is 10.4. The molecular weight excluding hydrogens is 186 g/mol. The van der Waals surface area contributed by atoms with Gasteiger partial charge < -0.3 is 10.1 Å². The summed E-state index contributed by atoms with van der Waals surface area (Å²) in [5.74, 6) is 0.914. The molecule has 2 nitrogen and oxygen atoms in total.